The van der Waals surface area contributed by atoms with Crippen LogP contribution in [0.1, 0.15) is 22.5 Å². The van der Waals surface area contributed by atoms with Gasteiger partial charge in [-0.2, -0.15) is 0 Å². The molecule has 0 N–H and O–H groups in total. The summed E-state index contributed by atoms with van der Waals surface area (Å²) in [6, 6.07) is 1.66. The first kappa shape index (κ1) is 12.3. The molecule has 1 heterocycles. The first-order chi connectivity index (χ1) is 7.54. The van der Waals surface area contributed by atoms with E-state index in [1.54, 1.807) is 20.0 Å². The fourth-order valence-electron chi connectivity index (χ4n) is 1.24. The van der Waals surface area contributed by atoms with Crippen molar-refractivity contribution in [1.29, 1.82) is 0 Å². The predicted molar refractivity (Wildman–Crippen MR) is 57.0 cm³/mol. The Morgan fingerprint density at radius 2 is 2.19 bits per heavy atom. The molecule has 0 aliphatic heterocycles. The molecule has 0 spiro atoms. The number of esters is 1. The Bertz CT molecular complexity index is 383. The number of amides is 1. The van der Waals surface area contributed by atoms with Crippen LogP contribution >= 0.6 is 0 Å². The highest BCUT2D eigenvalue weighted by Crippen LogP contribution is 2.09. The minimum Gasteiger partial charge on any atom is -0.469 e. The Hall–Kier alpha value is -1.78. The third-order valence-corrected chi connectivity index (χ3v) is 2.20. The van der Waals surface area contributed by atoms with Gasteiger partial charge in [0.25, 0.3) is 5.91 Å². The van der Waals surface area contributed by atoms with Crippen molar-refractivity contribution in [3.8, 4) is 0 Å². The van der Waals surface area contributed by atoms with Gasteiger partial charge >= 0.3 is 5.97 Å². The lowest BCUT2D eigenvalue weighted by molar-refractivity contribution is -0.140. The van der Waals surface area contributed by atoms with E-state index in [4.69, 9.17) is 4.42 Å². The molecule has 0 atom stereocenters. The van der Waals surface area contributed by atoms with E-state index in [1.807, 2.05) is 0 Å². The summed E-state index contributed by atoms with van der Waals surface area (Å²) in [4.78, 5) is 24.1. The molecule has 88 valence electrons. The number of hydrogen-bond donors (Lipinski definition) is 0. The Morgan fingerprint density at radius 1 is 1.50 bits per heavy atom. The molecule has 0 bridgehead atoms. The smallest absolute Gasteiger partial charge is 0.307 e. The molecule has 1 aromatic heterocycles. The van der Waals surface area contributed by atoms with Gasteiger partial charge in [-0.3, -0.25) is 9.59 Å². The highest BCUT2D eigenvalue weighted by Gasteiger charge is 2.14. The molecule has 1 rings (SSSR count). The Morgan fingerprint density at radius 3 is 2.69 bits per heavy atom. The number of nitrogens with zero attached hydrogens (tertiary/aromatic N) is 1. The SMILES string of the molecule is COC(=O)CCN(C)C(=O)c1coc(C)c1. The lowest BCUT2D eigenvalue weighted by atomic mass is 10.2. The van der Waals surface area contributed by atoms with Gasteiger partial charge in [0, 0.05) is 13.6 Å². The lowest BCUT2D eigenvalue weighted by Gasteiger charge is -2.14. The van der Waals surface area contributed by atoms with Crippen molar-refractivity contribution in [3.63, 3.8) is 0 Å². The number of hydrogen-bond acceptors (Lipinski definition) is 4. The van der Waals surface area contributed by atoms with Gasteiger partial charge in [-0.1, -0.05) is 0 Å². The average Bonchev–Trinajstić information content (AvgIpc) is 2.71. The number of methoxy groups -OCH3 is 1. The fraction of sp³-hybridized carbons (Fsp3) is 0.455. The van der Waals surface area contributed by atoms with Gasteiger partial charge < -0.3 is 14.1 Å². The van der Waals surface area contributed by atoms with Crippen LogP contribution in [0.3, 0.4) is 0 Å². The summed E-state index contributed by atoms with van der Waals surface area (Å²) < 4.78 is 9.54. The van der Waals surface area contributed by atoms with Gasteiger partial charge in [-0.15, -0.1) is 0 Å². The normalized spacial score (nSPS) is 9.94. The monoisotopic (exact) mass is 225 g/mol. The molecule has 0 saturated heterocycles. The molecule has 0 unspecified atom stereocenters. The number of aryl methyl sites for hydroxylation is 1. The highest BCUT2D eigenvalue weighted by atomic mass is 16.5. The Kier molecular flexibility index (Phi) is 4.10. The predicted octanol–water partition coefficient (Wildman–Crippen LogP) is 1.22. The molecule has 0 aliphatic carbocycles. The summed E-state index contributed by atoms with van der Waals surface area (Å²) >= 11 is 0. The van der Waals surface area contributed by atoms with E-state index in [0.29, 0.717) is 17.9 Å². The van der Waals surface area contributed by atoms with Crippen molar-refractivity contribution in [2.45, 2.75) is 13.3 Å². The van der Waals surface area contributed by atoms with Crippen LogP contribution in [0.15, 0.2) is 16.7 Å². The van der Waals surface area contributed by atoms with E-state index in [0.717, 1.165) is 0 Å². The topological polar surface area (TPSA) is 59.8 Å². The number of rotatable bonds is 4. The quantitative estimate of drug-likeness (QED) is 0.723. The summed E-state index contributed by atoms with van der Waals surface area (Å²) in [7, 11) is 2.96. The number of ether oxygens (including phenoxy) is 1. The molecule has 0 aliphatic rings. The standard InChI is InChI=1S/C11H15NO4/c1-8-6-9(7-16-8)11(14)12(2)5-4-10(13)15-3/h6-7H,4-5H2,1-3H3. The van der Waals surface area contributed by atoms with Crippen LogP contribution in [0, 0.1) is 6.92 Å². The minimum atomic E-state index is -0.331. The van der Waals surface area contributed by atoms with Crippen molar-refractivity contribution in [2.75, 3.05) is 20.7 Å². The summed E-state index contributed by atoms with van der Waals surface area (Å²) in [6.45, 7) is 2.10. The number of carbonyl (C=O) groups excluding carboxylic acids is 2. The fourth-order valence-corrected chi connectivity index (χ4v) is 1.24. The van der Waals surface area contributed by atoms with Crippen LogP contribution in [-0.2, 0) is 9.53 Å². The van der Waals surface area contributed by atoms with Gasteiger partial charge in [0.05, 0.1) is 19.1 Å². The zero-order chi connectivity index (χ0) is 12.1. The van der Waals surface area contributed by atoms with Crippen molar-refractivity contribution < 1.29 is 18.7 Å². The summed E-state index contributed by atoms with van der Waals surface area (Å²) in [5, 5.41) is 0. The van der Waals surface area contributed by atoms with Gasteiger partial charge in [0.15, 0.2) is 0 Å². The second kappa shape index (κ2) is 5.34. The second-order valence-electron chi connectivity index (χ2n) is 3.50. The van der Waals surface area contributed by atoms with Crippen molar-refractivity contribution in [3.05, 3.63) is 23.7 Å². The van der Waals surface area contributed by atoms with Crippen LogP contribution in [0.25, 0.3) is 0 Å². The molecular weight excluding hydrogens is 210 g/mol. The van der Waals surface area contributed by atoms with Crippen LogP contribution in [-0.4, -0.2) is 37.5 Å². The molecule has 1 aromatic rings. The lowest BCUT2D eigenvalue weighted by Crippen LogP contribution is -2.28. The largest absolute Gasteiger partial charge is 0.469 e. The van der Waals surface area contributed by atoms with Crippen molar-refractivity contribution in [1.82, 2.24) is 4.90 Å². The van der Waals surface area contributed by atoms with Crippen LogP contribution < -0.4 is 0 Å². The van der Waals surface area contributed by atoms with E-state index in [2.05, 4.69) is 4.74 Å². The Balaban J connectivity index is 2.51. The minimum absolute atomic E-state index is 0.166. The molecule has 0 aromatic carbocycles. The molecule has 0 radical (unpaired) electrons. The van der Waals surface area contributed by atoms with Gasteiger partial charge in [-0.05, 0) is 13.0 Å². The van der Waals surface area contributed by atoms with Gasteiger partial charge in [-0.25, -0.2) is 0 Å². The highest BCUT2D eigenvalue weighted by molar-refractivity contribution is 5.94. The molecule has 5 nitrogen and oxygen atoms in total. The molecule has 5 heteroatoms. The zero-order valence-corrected chi connectivity index (χ0v) is 9.65. The van der Waals surface area contributed by atoms with E-state index in [-0.39, 0.29) is 18.3 Å². The maximum Gasteiger partial charge on any atom is 0.307 e. The number of carbonyl (C=O) groups is 2. The van der Waals surface area contributed by atoms with Crippen molar-refractivity contribution in [2.24, 2.45) is 0 Å². The second-order valence-corrected chi connectivity index (χ2v) is 3.50. The first-order valence-corrected chi connectivity index (χ1v) is 4.92. The van der Waals surface area contributed by atoms with Crippen LogP contribution in [0.4, 0.5) is 0 Å². The van der Waals surface area contributed by atoms with Gasteiger partial charge in [0.2, 0.25) is 0 Å². The zero-order valence-electron chi connectivity index (χ0n) is 9.65. The van der Waals surface area contributed by atoms with E-state index >= 15 is 0 Å². The first-order valence-electron chi connectivity index (χ1n) is 4.92. The van der Waals surface area contributed by atoms with Crippen LogP contribution in [0.2, 0.25) is 0 Å². The maximum atomic E-state index is 11.8. The maximum absolute atomic E-state index is 11.8. The molecule has 0 saturated carbocycles. The molecular formula is C11H15NO4. The van der Waals surface area contributed by atoms with E-state index in [9.17, 15) is 9.59 Å². The van der Waals surface area contributed by atoms with Crippen molar-refractivity contribution >= 4 is 11.9 Å². The number of furan rings is 1. The van der Waals surface area contributed by atoms with Crippen LogP contribution in [0.5, 0.6) is 0 Å². The molecule has 16 heavy (non-hydrogen) atoms. The van der Waals surface area contributed by atoms with E-state index < -0.39 is 0 Å². The Labute approximate surface area is 94.0 Å². The summed E-state index contributed by atoms with van der Waals surface area (Å²) in [6.07, 6.45) is 1.60. The third-order valence-electron chi connectivity index (χ3n) is 2.20. The van der Waals surface area contributed by atoms with Gasteiger partial charge in [0.1, 0.15) is 12.0 Å². The summed E-state index contributed by atoms with van der Waals surface area (Å²) in [5.41, 5.74) is 0.491. The molecule has 0 fully saturated rings. The van der Waals surface area contributed by atoms with E-state index in [1.165, 1.54) is 18.3 Å². The average molecular weight is 225 g/mol. The third kappa shape index (κ3) is 3.12. The summed E-state index contributed by atoms with van der Waals surface area (Å²) in [5.74, 6) is 0.188. The molecule has 1 amide bonds.